The number of urea groups is 1. The van der Waals surface area contributed by atoms with Gasteiger partial charge in [0.05, 0.1) is 25.5 Å². The van der Waals surface area contributed by atoms with E-state index in [1.54, 1.807) is 0 Å². The van der Waals surface area contributed by atoms with Crippen LogP contribution in [0.5, 0.6) is 0 Å². The molecule has 3 rings (SSSR count). The van der Waals surface area contributed by atoms with Gasteiger partial charge >= 0.3 is 6.03 Å². The number of ether oxygens (including phenoxy) is 2. The summed E-state index contributed by atoms with van der Waals surface area (Å²) in [5.41, 5.74) is 0. The van der Waals surface area contributed by atoms with Crippen LogP contribution >= 0.6 is 0 Å². The van der Waals surface area contributed by atoms with Crippen LogP contribution in [0.1, 0.15) is 19.3 Å². The number of carbonyl (C=O) groups is 1. The van der Waals surface area contributed by atoms with E-state index in [0.29, 0.717) is 19.0 Å². The Morgan fingerprint density at radius 1 is 1.40 bits per heavy atom. The highest BCUT2D eigenvalue weighted by Crippen LogP contribution is 2.37. The van der Waals surface area contributed by atoms with Gasteiger partial charge in [-0.3, -0.25) is 5.32 Å². The number of rotatable bonds is 2. The molecule has 0 unspecified atom stereocenters. The molecule has 1 spiro atoms. The predicted octanol–water partition coefficient (Wildman–Crippen LogP) is 1.64. The van der Waals surface area contributed by atoms with Crippen molar-refractivity contribution >= 4 is 11.8 Å². The number of hydrogen-bond acceptors (Lipinski definition) is 4. The predicted molar refractivity (Wildman–Crippen MR) is 68.6 cm³/mol. The van der Waals surface area contributed by atoms with Crippen molar-refractivity contribution in [2.24, 2.45) is 0 Å². The Morgan fingerprint density at radius 3 is 2.90 bits per heavy atom. The Labute approximate surface area is 115 Å². The third-order valence-electron chi connectivity index (χ3n) is 3.60. The average molecular weight is 281 g/mol. The first-order valence-electron chi connectivity index (χ1n) is 6.65. The van der Waals surface area contributed by atoms with Crippen molar-refractivity contribution in [3.05, 3.63) is 24.1 Å². The zero-order valence-corrected chi connectivity index (χ0v) is 10.9. The Bertz CT molecular complexity index is 483. The van der Waals surface area contributed by atoms with Crippen LogP contribution < -0.4 is 10.6 Å². The number of pyridine rings is 1. The van der Waals surface area contributed by atoms with Gasteiger partial charge in [-0.1, -0.05) is 0 Å². The molecule has 1 saturated heterocycles. The quantitative estimate of drug-likeness (QED) is 0.864. The summed E-state index contributed by atoms with van der Waals surface area (Å²) >= 11 is 0. The molecular weight excluding hydrogens is 265 g/mol. The number of amides is 2. The lowest BCUT2D eigenvalue weighted by atomic mass is 10.1. The summed E-state index contributed by atoms with van der Waals surface area (Å²) < 4.78 is 24.0. The SMILES string of the molecule is O=C(Nc1ccc(F)cn1)N[C@H]1CCCC12OCCO2. The maximum absolute atomic E-state index is 12.7. The molecule has 108 valence electrons. The van der Waals surface area contributed by atoms with Crippen molar-refractivity contribution in [3.8, 4) is 0 Å². The smallest absolute Gasteiger partial charge is 0.320 e. The molecular formula is C13H16FN3O3. The van der Waals surface area contributed by atoms with E-state index < -0.39 is 17.6 Å². The number of halogens is 1. The fourth-order valence-electron chi connectivity index (χ4n) is 2.71. The van der Waals surface area contributed by atoms with Crippen molar-refractivity contribution in [2.75, 3.05) is 18.5 Å². The maximum atomic E-state index is 12.7. The molecule has 6 nitrogen and oxygen atoms in total. The van der Waals surface area contributed by atoms with E-state index in [1.165, 1.54) is 12.1 Å². The number of nitrogens with one attached hydrogen (secondary N) is 2. The molecule has 1 aliphatic heterocycles. The van der Waals surface area contributed by atoms with Gasteiger partial charge in [-0.15, -0.1) is 0 Å². The van der Waals surface area contributed by atoms with Gasteiger partial charge in [-0.05, 0) is 25.0 Å². The molecule has 2 fully saturated rings. The number of aromatic nitrogens is 1. The minimum atomic E-state index is -0.673. The first-order valence-corrected chi connectivity index (χ1v) is 6.65. The summed E-state index contributed by atoms with van der Waals surface area (Å²) in [4.78, 5) is 15.7. The van der Waals surface area contributed by atoms with Gasteiger partial charge in [-0.2, -0.15) is 0 Å². The van der Waals surface area contributed by atoms with Gasteiger partial charge in [-0.25, -0.2) is 14.2 Å². The van der Waals surface area contributed by atoms with Crippen LogP contribution in [-0.4, -0.2) is 36.1 Å². The highest BCUT2D eigenvalue weighted by Gasteiger charge is 2.48. The second kappa shape index (κ2) is 5.34. The molecule has 2 N–H and O–H groups in total. The third-order valence-corrected chi connectivity index (χ3v) is 3.60. The van der Waals surface area contributed by atoms with Gasteiger partial charge < -0.3 is 14.8 Å². The highest BCUT2D eigenvalue weighted by molar-refractivity contribution is 5.88. The highest BCUT2D eigenvalue weighted by atomic mass is 19.1. The molecule has 7 heteroatoms. The second-order valence-electron chi connectivity index (χ2n) is 4.91. The molecule has 0 bridgehead atoms. The molecule has 0 aromatic carbocycles. The summed E-state index contributed by atoms with van der Waals surface area (Å²) in [7, 11) is 0. The Hall–Kier alpha value is -1.73. The zero-order chi connectivity index (χ0) is 14.0. The molecule has 2 amide bonds. The van der Waals surface area contributed by atoms with E-state index in [9.17, 15) is 9.18 Å². The van der Waals surface area contributed by atoms with Crippen LogP contribution in [0.2, 0.25) is 0 Å². The van der Waals surface area contributed by atoms with E-state index in [2.05, 4.69) is 15.6 Å². The largest absolute Gasteiger partial charge is 0.346 e. The van der Waals surface area contributed by atoms with E-state index in [1.807, 2.05) is 0 Å². The molecule has 1 aromatic rings. The molecule has 1 aliphatic carbocycles. The lowest BCUT2D eigenvalue weighted by Crippen LogP contribution is -2.51. The fourth-order valence-corrected chi connectivity index (χ4v) is 2.71. The second-order valence-corrected chi connectivity index (χ2v) is 4.91. The van der Waals surface area contributed by atoms with Gasteiger partial charge in [0.25, 0.3) is 0 Å². The van der Waals surface area contributed by atoms with Crippen molar-refractivity contribution in [1.29, 1.82) is 0 Å². The fraction of sp³-hybridized carbons (Fsp3) is 0.538. The average Bonchev–Trinajstić information content (AvgIpc) is 3.05. The topological polar surface area (TPSA) is 72.5 Å². The standard InChI is InChI=1S/C13H16FN3O3/c14-9-3-4-11(15-8-9)17-12(18)16-10-2-1-5-13(10)19-6-7-20-13/h3-4,8,10H,1-2,5-7H2,(H2,15,16,17,18)/t10-/m0/s1. The minimum absolute atomic E-state index is 0.176. The normalized spacial score (nSPS) is 23.9. The first kappa shape index (κ1) is 13.3. The molecule has 0 radical (unpaired) electrons. The lowest BCUT2D eigenvalue weighted by molar-refractivity contribution is -0.164. The van der Waals surface area contributed by atoms with Crippen molar-refractivity contribution in [2.45, 2.75) is 31.1 Å². The van der Waals surface area contributed by atoms with Crippen LogP contribution in [0.15, 0.2) is 18.3 Å². The van der Waals surface area contributed by atoms with Gasteiger partial charge in [0.2, 0.25) is 0 Å². The summed E-state index contributed by atoms with van der Waals surface area (Å²) in [6.45, 7) is 1.11. The van der Waals surface area contributed by atoms with Crippen LogP contribution in [-0.2, 0) is 9.47 Å². The Balaban J connectivity index is 1.60. The summed E-state index contributed by atoms with van der Waals surface area (Å²) in [6.07, 6.45) is 3.59. The number of nitrogens with zero attached hydrogens (tertiary/aromatic N) is 1. The van der Waals surface area contributed by atoms with Gasteiger partial charge in [0.15, 0.2) is 5.79 Å². The molecule has 20 heavy (non-hydrogen) atoms. The molecule has 1 atom stereocenters. The van der Waals surface area contributed by atoms with Crippen molar-refractivity contribution < 1.29 is 18.7 Å². The van der Waals surface area contributed by atoms with Gasteiger partial charge in [0, 0.05) is 6.42 Å². The van der Waals surface area contributed by atoms with Crippen LogP contribution in [0.4, 0.5) is 15.0 Å². The summed E-state index contributed by atoms with van der Waals surface area (Å²) in [5.74, 6) is -0.823. The maximum Gasteiger partial charge on any atom is 0.320 e. The summed E-state index contributed by atoms with van der Waals surface area (Å²) in [6, 6.07) is 2.07. The van der Waals surface area contributed by atoms with Crippen molar-refractivity contribution in [1.82, 2.24) is 10.3 Å². The minimum Gasteiger partial charge on any atom is -0.346 e. The number of carbonyl (C=O) groups excluding carboxylic acids is 1. The van der Waals surface area contributed by atoms with E-state index in [4.69, 9.17) is 9.47 Å². The zero-order valence-electron chi connectivity index (χ0n) is 10.9. The molecule has 2 aliphatic rings. The monoisotopic (exact) mass is 281 g/mol. The molecule has 1 aromatic heterocycles. The van der Waals surface area contributed by atoms with E-state index in [0.717, 1.165) is 25.5 Å². The lowest BCUT2D eigenvalue weighted by Gasteiger charge is -2.29. The van der Waals surface area contributed by atoms with Crippen LogP contribution in [0.25, 0.3) is 0 Å². The van der Waals surface area contributed by atoms with Crippen LogP contribution in [0.3, 0.4) is 0 Å². The molecule has 2 heterocycles. The van der Waals surface area contributed by atoms with Gasteiger partial charge in [0.1, 0.15) is 11.6 Å². The van der Waals surface area contributed by atoms with E-state index >= 15 is 0 Å². The number of hydrogen-bond donors (Lipinski definition) is 2. The van der Waals surface area contributed by atoms with E-state index in [-0.39, 0.29) is 6.04 Å². The molecule has 1 saturated carbocycles. The number of anilines is 1. The van der Waals surface area contributed by atoms with Crippen molar-refractivity contribution in [3.63, 3.8) is 0 Å². The first-order chi connectivity index (χ1) is 9.68. The summed E-state index contributed by atoms with van der Waals surface area (Å²) in [5, 5.41) is 5.40. The third kappa shape index (κ3) is 2.59. The Kier molecular flexibility index (Phi) is 3.54. The Morgan fingerprint density at radius 2 is 2.20 bits per heavy atom. The van der Waals surface area contributed by atoms with Crippen LogP contribution in [0, 0.1) is 5.82 Å².